The molecule has 6 heteroatoms. The highest BCUT2D eigenvalue weighted by atomic mass is 79.9. The van der Waals surface area contributed by atoms with Crippen LogP contribution in [0.2, 0.25) is 0 Å². The SMILES string of the molecule is CCNC(=NCCc1ccc(Br)s1)N(C)CC1CCOC1. The number of aliphatic imine (C=N–C) groups is 1. The fourth-order valence-electron chi connectivity index (χ4n) is 2.43. The fraction of sp³-hybridized carbons (Fsp3) is 0.667. The number of halogens is 1. The van der Waals surface area contributed by atoms with Crippen molar-refractivity contribution in [3.05, 3.63) is 20.8 Å². The molecule has 1 aliphatic heterocycles. The van der Waals surface area contributed by atoms with Crippen LogP contribution in [0.4, 0.5) is 0 Å². The molecule has 1 aromatic rings. The van der Waals surface area contributed by atoms with Gasteiger partial charge in [-0.1, -0.05) is 0 Å². The average molecular weight is 374 g/mol. The molecule has 0 bridgehead atoms. The Hall–Kier alpha value is -0.590. The maximum atomic E-state index is 5.45. The summed E-state index contributed by atoms with van der Waals surface area (Å²) in [5, 5.41) is 3.38. The van der Waals surface area contributed by atoms with Gasteiger partial charge in [0.05, 0.1) is 10.4 Å². The number of hydrogen-bond donors (Lipinski definition) is 1. The van der Waals surface area contributed by atoms with Crippen LogP contribution in [0.15, 0.2) is 20.9 Å². The van der Waals surface area contributed by atoms with E-state index in [-0.39, 0.29) is 0 Å². The van der Waals surface area contributed by atoms with Crippen LogP contribution in [0, 0.1) is 5.92 Å². The summed E-state index contributed by atoms with van der Waals surface area (Å²) in [6.45, 7) is 6.62. The number of ether oxygens (including phenoxy) is 1. The van der Waals surface area contributed by atoms with Gasteiger partial charge in [-0.2, -0.15) is 0 Å². The van der Waals surface area contributed by atoms with E-state index in [0.29, 0.717) is 5.92 Å². The van der Waals surface area contributed by atoms with Gasteiger partial charge in [-0.25, -0.2) is 0 Å². The van der Waals surface area contributed by atoms with Crippen molar-refractivity contribution in [2.75, 3.05) is 39.9 Å². The smallest absolute Gasteiger partial charge is 0.193 e. The molecule has 0 aliphatic carbocycles. The van der Waals surface area contributed by atoms with Crippen LogP contribution in [0.25, 0.3) is 0 Å². The van der Waals surface area contributed by atoms with E-state index in [1.807, 2.05) is 0 Å². The summed E-state index contributed by atoms with van der Waals surface area (Å²) in [4.78, 5) is 8.34. The first-order valence-electron chi connectivity index (χ1n) is 7.50. The van der Waals surface area contributed by atoms with Gasteiger partial charge < -0.3 is 15.0 Å². The lowest BCUT2D eigenvalue weighted by atomic mass is 10.1. The first-order chi connectivity index (χ1) is 10.2. The monoisotopic (exact) mass is 373 g/mol. The maximum Gasteiger partial charge on any atom is 0.193 e. The van der Waals surface area contributed by atoms with Gasteiger partial charge in [0.2, 0.25) is 0 Å². The van der Waals surface area contributed by atoms with E-state index in [4.69, 9.17) is 9.73 Å². The lowest BCUT2D eigenvalue weighted by molar-refractivity contribution is 0.181. The van der Waals surface area contributed by atoms with Crippen molar-refractivity contribution < 1.29 is 4.74 Å². The first kappa shape index (κ1) is 16.8. The highest BCUT2D eigenvalue weighted by Crippen LogP contribution is 2.22. The van der Waals surface area contributed by atoms with E-state index in [1.165, 1.54) is 8.66 Å². The number of nitrogens with one attached hydrogen (secondary N) is 1. The third-order valence-corrected chi connectivity index (χ3v) is 5.18. The lowest BCUT2D eigenvalue weighted by Crippen LogP contribution is -2.41. The van der Waals surface area contributed by atoms with Gasteiger partial charge in [0.15, 0.2) is 5.96 Å². The van der Waals surface area contributed by atoms with E-state index in [9.17, 15) is 0 Å². The van der Waals surface area contributed by atoms with Gasteiger partial charge in [-0.15, -0.1) is 11.3 Å². The van der Waals surface area contributed by atoms with Crippen molar-refractivity contribution >= 4 is 33.2 Å². The molecular formula is C15H24BrN3OS. The Balaban J connectivity index is 1.85. The van der Waals surface area contributed by atoms with Crippen molar-refractivity contribution in [3.8, 4) is 0 Å². The van der Waals surface area contributed by atoms with E-state index in [0.717, 1.165) is 51.6 Å². The van der Waals surface area contributed by atoms with Gasteiger partial charge in [-0.05, 0) is 41.4 Å². The molecule has 118 valence electrons. The molecule has 4 nitrogen and oxygen atoms in total. The second kappa shape index (κ2) is 8.76. The van der Waals surface area contributed by atoms with Crippen LogP contribution in [-0.2, 0) is 11.2 Å². The number of rotatable bonds is 6. The number of thiophene rings is 1. The Morgan fingerprint density at radius 3 is 3.05 bits per heavy atom. The Morgan fingerprint density at radius 2 is 2.43 bits per heavy atom. The van der Waals surface area contributed by atoms with Crippen molar-refractivity contribution in [1.82, 2.24) is 10.2 Å². The summed E-state index contributed by atoms with van der Waals surface area (Å²) >= 11 is 5.28. The molecule has 21 heavy (non-hydrogen) atoms. The molecule has 2 rings (SSSR count). The minimum atomic E-state index is 0.632. The van der Waals surface area contributed by atoms with Gasteiger partial charge in [0.1, 0.15) is 0 Å². The zero-order chi connectivity index (χ0) is 15.1. The predicted molar refractivity (Wildman–Crippen MR) is 93.3 cm³/mol. The Kier molecular flexibility index (Phi) is 6.99. The Labute approximate surface area is 139 Å². The van der Waals surface area contributed by atoms with Gasteiger partial charge in [0.25, 0.3) is 0 Å². The second-order valence-electron chi connectivity index (χ2n) is 5.30. The zero-order valence-electron chi connectivity index (χ0n) is 12.8. The maximum absolute atomic E-state index is 5.45. The largest absolute Gasteiger partial charge is 0.381 e. The topological polar surface area (TPSA) is 36.9 Å². The second-order valence-corrected chi connectivity index (χ2v) is 7.85. The Morgan fingerprint density at radius 1 is 1.57 bits per heavy atom. The quantitative estimate of drug-likeness (QED) is 0.615. The van der Waals surface area contributed by atoms with E-state index >= 15 is 0 Å². The summed E-state index contributed by atoms with van der Waals surface area (Å²) in [6, 6.07) is 4.26. The van der Waals surface area contributed by atoms with Crippen molar-refractivity contribution in [3.63, 3.8) is 0 Å². The van der Waals surface area contributed by atoms with Crippen LogP contribution < -0.4 is 5.32 Å². The average Bonchev–Trinajstić information content (AvgIpc) is 3.09. The van der Waals surface area contributed by atoms with E-state index in [1.54, 1.807) is 11.3 Å². The zero-order valence-corrected chi connectivity index (χ0v) is 15.2. The van der Waals surface area contributed by atoms with Gasteiger partial charge in [0, 0.05) is 50.5 Å². The molecule has 0 aromatic carbocycles. The minimum absolute atomic E-state index is 0.632. The van der Waals surface area contributed by atoms with E-state index < -0.39 is 0 Å². The molecule has 1 aromatic heterocycles. The van der Waals surface area contributed by atoms with Crippen LogP contribution in [0.5, 0.6) is 0 Å². The molecule has 2 heterocycles. The molecular weight excluding hydrogens is 350 g/mol. The standard InChI is InChI=1S/C15H24BrN3OS/c1-3-17-15(19(2)10-12-7-9-20-11-12)18-8-6-13-4-5-14(16)21-13/h4-5,12H,3,6-11H2,1-2H3,(H,17,18). The Bertz CT molecular complexity index is 458. The summed E-state index contributed by atoms with van der Waals surface area (Å²) in [6.07, 6.45) is 2.15. The molecule has 0 saturated carbocycles. The van der Waals surface area contributed by atoms with Crippen molar-refractivity contribution in [2.24, 2.45) is 10.9 Å². The summed E-state index contributed by atoms with van der Waals surface area (Å²) in [5.41, 5.74) is 0. The third-order valence-electron chi connectivity index (χ3n) is 3.50. The van der Waals surface area contributed by atoms with Gasteiger partial charge >= 0.3 is 0 Å². The number of guanidine groups is 1. The lowest BCUT2D eigenvalue weighted by Gasteiger charge is -2.24. The summed E-state index contributed by atoms with van der Waals surface area (Å²) in [5.74, 6) is 1.63. The summed E-state index contributed by atoms with van der Waals surface area (Å²) in [7, 11) is 2.11. The highest BCUT2D eigenvalue weighted by Gasteiger charge is 2.18. The first-order valence-corrected chi connectivity index (χ1v) is 9.11. The number of hydrogen-bond acceptors (Lipinski definition) is 3. The molecule has 1 atom stereocenters. The molecule has 0 spiro atoms. The van der Waals surface area contributed by atoms with Crippen LogP contribution in [0.3, 0.4) is 0 Å². The summed E-state index contributed by atoms with van der Waals surface area (Å²) < 4.78 is 6.64. The van der Waals surface area contributed by atoms with Crippen LogP contribution >= 0.6 is 27.3 Å². The highest BCUT2D eigenvalue weighted by molar-refractivity contribution is 9.11. The molecule has 1 N–H and O–H groups in total. The normalized spacial score (nSPS) is 19.0. The van der Waals surface area contributed by atoms with Crippen molar-refractivity contribution in [2.45, 2.75) is 19.8 Å². The van der Waals surface area contributed by atoms with Crippen LogP contribution in [-0.4, -0.2) is 50.8 Å². The van der Waals surface area contributed by atoms with Gasteiger partial charge in [-0.3, -0.25) is 4.99 Å². The molecule has 0 radical (unpaired) electrons. The predicted octanol–water partition coefficient (Wildman–Crippen LogP) is 2.99. The molecule has 0 amide bonds. The number of nitrogens with zero attached hydrogens (tertiary/aromatic N) is 2. The molecule has 1 aliphatic rings. The van der Waals surface area contributed by atoms with Crippen LogP contribution in [0.1, 0.15) is 18.2 Å². The minimum Gasteiger partial charge on any atom is -0.381 e. The molecule has 1 unspecified atom stereocenters. The molecule has 1 fully saturated rings. The molecule has 1 saturated heterocycles. The van der Waals surface area contributed by atoms with Crippen molar-refractivity contribution in [1.29, 1.82) is 0 Å². The third kappa shape index (κ3) is 5.60. The van der Waals surface area contributed by atoms with E-state index in [2.05, 4.69) is 52.3 Å². The fourth-order valence-corrected chi connectivity index (χ4v) is 3.90.